The Morgan fingerprint density at radius 2 is 1.92 bits per heavy atom. The SMILES string of the molecule is Cc1cc(/N=C\N(C)C)c(Cl)cc1-c1cc(-c2cccc(Cl)c2)no1. The second-order valence-electron chi connectivity index (χ2n) is 5.91. The van der Waals surface area contributed by atoms with Gasteiger partial charge in [-0.2, -0.15) is 0 Å². The molecule has 0 bridgehead atoms. The van der Waals surface area contributed by atoms with E-state index in [1.165, 1.54) is 0 Å². The number of aliphatic imine (C=N–C) groups is 1. The van der Waals surface area contributed by atoms with Gasteiger partial charge in [0.05, 0.1) is 17.0 Å². The van der Waals surface area contributed by atoms with Crippen molar-refractivity contribution in [2.24, 2.45) is 4.99 Å². The molecule has 0 saturated heterocycles. The maximum absolute atomic E-state index is 6.37. The van der Waals surface area contributed by atoms with Gasteiger partial charge in [0.1, 0.15) is 5.69 Å². The molecule has 6 heteroatoms. The fourth-order valence-electron chi connectivity index (χ4n) is 2.39. The Labute approximate surface area is 156 Å². The first-order chi connectivity index (χ1) is 11.9. The lowest BCUT2D eigenvalue weighted by Gasteiger charge is -2.07. The molecule has 3 aromatic rings. The zero-order chi connectivity index (χ0) is 18.0. The minimum absolute atomic E-state index is 0.555. The third kappa shape index (κ3) is 4.03. The van der Waals surface area contributed by atoms with Crippen LogP contribution in [0.15, 0.2) is 52.0 Å². The van der Waals surface area contributed by atoms with E-state index in [-0.39, 0.29) is 0 Å². The lowest BCUT2D eigenvalue weighted by Crippen LogP contribution is -2.07. The van der Waals surface area contributed by atoms with Crippen molar-refractivity contribution >= 4 is 35.2 Å². The van der Waals surface area contributed by atoms with Crippen LogP contribution in [0, 0.1) is 6.92 Å². The number of halogens is 2. The van der Waals surface area contributed by atoms with Gasteiger partial charge in [-0.05, 0) is 36.8 Å². The van der Waals surface area contributed by atoms with Gasteiger partial charge in [0, 0.05) is 36.3 Å². The number of aromatic nitrogens is 1. The first-order valence-corrected chi connectivity index (χ1v) is 8.43. The van der Waals surface area contributed by atoms with Gasteiger partial charge in [-0.15, -0.1) is 0 Å². The normalized spacial score (nSPS) is 11.2. The van der Waals surface area contributed by atoms with Crippen molar-refractivity contribution in [1.29, 1.82) is 0 Å². The molecule has 0 atom stereocenters. The van der Waals surface area contributed by atoms with E-state index in [4.69, 9.17) is 27.7 Å². The molecule has 3 rings (SSSR count). The predicted molar refractivity (Wildman–Crippen MR) is 104 cm³/mol. The van der Waals surface area contributed by atoms with Crippen LogP contribution in [-0.2, 0) is 0 Å². The van der Waals surface area contributed by atoms with Crippen LogP contribution < -0.4 is 0 Å². The fourth-order valence-corrected chi connectivity index (χ4v) is 2.80. The molecule has 25 heavy (non-hydrogen) atoms. The monoisotopic (exact) mass is 373 g/mol. The molecule has 2 aromatic carbocycles. The first-order valence-electron chi connectivity index (χ1n) is 7.68. The molecule has 0 spiro atoms. The highest BCUT2D eigenvalue weighted by molar-refractivity contribution is 6.33. The van der Waals surface area contributed by atoms with Gasteiger partial charge in [0.2, 0.25) is 0 Å². The van der Waals surface area contributed by atoms with Crippen molar-refractivity contribution in [3.63, 3.8) is 0 Å². The first kappa shape index (κ1) is 17.5. The molecule has 0 amide bonds. The number of nitrogens with zero attached hydrogens (tertiary/aromatic N) is 3. The summed E-state index contributed by atoms with van der Waals surface area (Å²) < 4.78 is 5.52. The van der Waals surface area contributed by atoms with Gasteiger partial charge in [-0.25, -0.2) is 4.99 Å². The Morgan fingerprint density at radius 3 is 2.64 bits per heavy atom. The van der Waals surface area contributed by atoms with Gasteiger partial charge < -0.3 is 9.42 Å². The van der Waals surface area contributed by atoms with E-state index in [0.717, 1.165) is 22.4 Å². The van der Waals surface area contributed by atoms with Crippen LogP contribution in [0.2, 0.25) is 10.0 Å². The zero-order valence-electron chi connectivity index (χ0n) is 14.1. The lowest BCUT2D eigenvalue weighted by molar-refractivity contribution is 0.434. The van der Waals surface area contributed by atoms with E-state index in [2.05, 4.69) is 10.1 Å². The van der Waals surface area contributed by atoms with Crippen LogP contribution in [0.5, 0.6) is 0 Å². The number of rotatable bonds is 4. The summed E-state index contributed by atoms with van der Waals surface area (Å²) in [6.45, 7) is 1.99. The quantitative estimate of drug-likeness (QED) is 0.425. The highest BCUT2D eigenvalue weighted by Gasteiger charge is 2.13. The molecule has 0 radical (unpaired) electrons. The van der Waals surface area contributed by atoms with E-state index in [1.54, 1.807) is 6.34 Å². The average molecular weight is 374 g/mol. The highest BCUT2D eigenvalue weighted by atomic mass is 35.5. The third-order valence-corrected chi connectivity index (χ3v) is 4.16. The standard InChI is InChI=1S/C19H17Cl2N3O/c1-12-7-18(22-11-24(2)3)16(21)9-15(12)19-10-17(23-25-19)13-5-4-6-14(20)8-13/h4-11H,1-3H3/b22-11-. The van der Waals surface area contributed by atoms with Crippen molar-refractivity contribution < 1.29 is 4.52 Å². The van der Waals surface area contributed by atoms with Crippen LogP contribution in [0.1, 0.15) is 5.56 Å². The largest absolute Gasteiger partial charge is 0.369 e. The van der Waals surface area contributed by atoms with Crippen molar-refractivity contribution in [3.05, 3.63) is 58.1 Å². The minimum Gasteiger partial charge on any atom is -0.369 e. The molecule has 1 aromatic heterocycles. The molecule has 0 fully saturated rings. The summed E-state index contributed by atoms with van der Waals surface area (Å²) >= 11 is 12.4. The molecule has 0 aliphatic carbocycles. The van der Waals surface area contributed by atoms with E-state index in [0.29, 0.717) is 21.5 Å². The zero-order valence-corrected chi connectivity index (χ0v) is 15.6. The van der Waals surface area contributed by atoms with E-state index < -0.39 is 0 Å². The van der Waals surface area contributed by atoms with Gasteiger partial charge in [0.25, 0.3) is 0 Å². The third-order valence-electron chi connectivity index (χ3n) is 3.62. The summed E-state index contributed by atoms with van der Waals surface area (Å²) in [5.74, 6) is 0.650. The smallest absolute Gasteiger partial charge is 0.167 e. The Balaban J connectivity index is 1.96. The van der Waals surface area contributed by atoms with Crippen LogP contribution in [-0.4, -0.2) is 30.5 Å². The molecular weight excluding hydrogens is 357 g/mol. The molecule has 0 aliphatic heterocycles. The molecule has 0 saturated carbocycles. The van der Waals surface area contributed by atoms with Gasteiger partial charge in [-0.3, -0.25) is 0 Å². The number of hydrogen-bond acceptors (Lipinski definition) is 3. The fraction of sp³-hybridized carbons (Fsp3) is 0.158. The number of benzene rings is 2. The Morgan fingerprint density at radius 1 is 1.12 bits per heavy atom. The molecule has 0 unspecified atom stereocenters. The predicted octanol–water partition coefficient (Wildman–Crippen LogP) is 5.85. The summed E-state index contributed by atoms with van der Waals surface area (Å²) in [4.78, 5) is 6.23. The Bertz CT molecular complexity index is 932. The molecule has 128 valence electrons. The van der Waals surface area contributed by atoms with Crippen molar-refractivity contribution in [1.82, 2.24) is 10.1 Å². The van der Waals surface area contributed by atoms with Crippen LogP contribution in [0.4, 0.5) is 5.69 Å². The van der Waals surface area contributed by atoms with Gasteiger partial charge >= 0.3 is 0 Å². The van der Waals surface area contributed by atoms with Crippen molar-refractivity contribution in [3.8, 4) is 22.6 Å². The topological polar surface area (TPSA) is 41.6 Å². The summed E-state index contributed by atoms with van der Waals surface area (Å²) in [7, 11) is 3.81. The van der Waals surface area contributed by atoms with Crippen LogP contribution >= 0.6 is 23.2 Å². The Kier molecular flexibility index (Phi) is 5.11. The van der Waals surface area contributed by atoms with E-state index in [9.17, 15) is 0 Å². The summed E-state index contributed by atoms with van der Waals surface area (Å²) in [6.07, 6.45) is 1.71. The molecule has 4 nitrogen and oxygen atoms in total. The molecule has 0 aliphatic rings. The lowest BCUT2D eigenvalue weighted by atomic mass is 10.0. The second kappa shape index (κ2) is 7.30. The summed E-state index contributed by atoms with van der Waals surface area (Å²) in [5, 5.41) is 5.36. The average Bonchev–Trinajstić information content (AvgIpc) is 3.05. The maximum atomic E-state index is 6.37. The summed E-state index contributed by atoms with van der Waals surface area (Å²) in [6, 6.07) is 13.1. The van der Waals surface area contributed by atoms with Crippen LogP contribution in [0.25, 0.3) is 22.6 Å². The maximum Gasteiger partial charge on any atom is 0.167 e. The number of aryl methyl sites for hydroxylation is 1. The minimum atomic E-state index is 0.555. The second-order valence-corrected chi connectivity index (χ2v) is 6.76. The van der Waals surface area contributed by atoms with Crippen molar-refractivity contribution in [2.75, 3.05) is 14.1 Å². The summed E-state index contributed by atoms with van der Waals surface area (Å²) in [5.41, 5.74) is 4.23. The van der Waals surface area contributed by atoms with Crippen molar-refractivity contribution in [2.45, 2.75) is 6.92 Å². The van der Waals surface area contributed by atoms with Crippen LogP contribution in [0.3, 0.4) is 0 Å². The molecule has 1 heterocycles. The van der Waals surface area contributed by atoms with Gasteiger partial charge in [-0.1, -0.05) is 40.5 Å². The van der Waals surface area contributed by atoms with E-state index in [1.807, 2.05) is 68.4 Å². The molecule has 0 N–H and O–H groups in total. The number of hydrogen-bond donors (Lipinski definition) is 0. The Hall–Kier alpha value is -2.30. The van der Waals surface area contributed by atoms with E-state index >= 15 is 0 Å². The van der Waals surface area contributed by atoms with Gasteiger partial charge in [0.15, 0.2) is 5.76 Å². The highest BCUT2D eigenvalue weighted by Crippen LogP contribution is 2.35. The molecular formula is C19H17Cl2N3O.